The molecule has 1 aliphatic heterocycles. The quantitative estimate of drug-likeness (QED) is 0.505. The molecule has 0 aromatic carbocycles. The van der Waals surface area contributed by atoms with Crippen molar-refractivity contribution in [1.82, 2.24) is 0 Å². The molecule has 0 aromatic rings. The molecule has 1 atom stereocenters. The summed E-state index contributed by atoms with van der Waals surface area (Å²) >= 11 is 0. The van der Waals surface area contributed by atoms with E-state index in [9.17, 15) is 0 Å². The SMILES string of the molecule is CCCCCCCCCCCC1=NCC(C)O1. The molecule has 0 saturated carbocycles. The second-order valence-corrected chi connectivity index (χ2v) is 5.24. The van der Waals surface area contributed by atoms with Crippen molar-refractivity contribution in [2.75, 3.05) is 6.54 Å². The highest BCUT2D eigenvalue weighted by Gasteiger charge is 2.13. The molecule has 0 fully saturated rings. The van der Waals surface area contributed by atoms with Gasteiger partial charge in [0.2, 0.25) is 0 Å². The first-order valence-corrected chi connectivity index (χ1v) is 7.53. The maximum Gasteiger partial charge on any atom is 0.183 e. The van der Waals surface area contributed by atoms with Crippen LogP contribution < -0.4 is 0 Å². The van der Waals surface area contributed by atoms with Crippen molar-refractivity contribution >= 4 is 5.90 Å². The van der Waals surface area contributed by atoms with E-state index in [1.165, 1.54) is 57.8 Å². The minimum atomic E-state index is 0.323. The van der Waals surface area contributed by atoms with E-state index in [4.69, 9.17) is 4.74 Å². The first-order chi connectivity index (χ1) is 8.33. The molecule has 100 valence electrons. The van der Waals surface area contributed by atoms with Gasteiger partial charge < -0.3 is 4.74 Å². The Balaban J connectivity index is 1.79. The van der Waals surface area contributed by atoms with Crippen molar-refractivity contribution in [2.45, 2.75) is 84.2 Å². The van der Waals surface area contributed by atoms with Crippen LogP contribution in [0, 0.1) is 0 Å². The van der Waals surface area contributed by atoms with E-state index in [0.29, 0.717) is 6.10 Å². The molecule has 0 amide bonds. The fourth-order valence-electron chi connectivity index (χ4n) is 2.26. The summed E-state index contributed by atoms with van der Waals surface area (Å²) in [6.07, 6.45) is 13.8. The van der Waals surface area contributed by atoms with Crippen LogP contribution in [0.2, 0.25) is 0 Å². The molecule has 2 heteroatoms. The average Bonchev–Trinajstić information content (AvgIpc) is 2.73. The molecule has 17 heavy (non-hydrogen) atoms. The molecule has 1 rings (SSSR count). The zero-order chi connectivity index (χ0) is 12.3. The monoisotopic (exact) mass is 239 g/mol. The summed E-state index contributed by atoms with van der Waals surface area (Å²) in [6.45, 7) is 5.23. The van der Waals surface area contributed by atoms with E-state index >= 15 is 0 Å². The lowest BCUT2D eigenvalue weighted by Crippen LogP contribution is -2.07. The molecular weight excluding hydrogens is 210 g/mol. The van der Waals surface area contributed by atoms with E-state index < -0.39 is 0 Å². The third-order valence-electron chi connectivity index (χ3n) is 3.36. The molecule has 0 N–H and O–H groups in total. The lowest BCUT2D eigenvalue weighted by atomic mass is 10.1. The van der Waals surface area contributed by atoms with Crippen LogP contribution in [0.25, 0.3) is 0 Å². The lowest BCUT2D eigenvalue weighted by Gasteiger charge is -2.05. The molecule has 0 aliphatic carbocycles. The van der Waals surface area contributed by atoms with Gasteiger partial charge in [-0.25, -0.2) is 0 Å². The Kier molecular flexibility index (Phi) is 8.12. The van der Waals surface area contributed by atoms with E-state index in [1.54, 1.807) is 0 Å². The van der Waals surface area contributed by atoms with Crippen molar-refractivity contribution in [1.29, 1.82) is 0 Å². The van der Waals surface area contributed by atoms with Gasteiger partial charge in [0.05, 0.1) is 6.54 Å². The Bertz CT molecular complexity index is 213. The topological polar surface area (TPSA) is 21.6 Å². The van der Waals surface area contributed by atoms with Gasteiger partial charge in [0, 0.05) is 6.42 Å². The third-order valence-corrected chi connectivity index (χ3v) is 3.36. The predicted octanol–water partition coefficient (Wildman–Crippen LogP) is 4.72. The molecular formula is C15H29NO. The zero-order valence-corrected chi connectivity index (χ0v) is 11.7. The summed E-state index contributed by atoms with van der Waals surface area (Å²) in [5.74, 6) is 1.00. The Labute approximate surface area is 107 Å². The van der Waals surface area contributed by atoms with Gasteiger partial charge in [0.1, 0.15) is 6.10 Å². The van der Waals surface area contributed by atoms with Crippen LogP contribution in [0.3, 0.4) is 0 Å². The number of hydrogen-bond donors (Lipinski definition) is 0. The van der Waals surface area contributed by atoms with Crippen LogP contribution in [0.4, 0.5) is 0 Å². The van der Waals surface area contributed by atoms with E-state index in [-0.39, 0.29) is 0 Å². The summed E-state index contributed by atoms with van der Waals surface area (Å²) in [7, 11) is 0. The number of nitrogens with zero attached hydrogens (tertiary/aromatic N) is 1. The van der Waals surface area contributed by atoms with E-state index in [2.05, 4.69) is 18.8 Å². The molecule has 0 saturated heterocycles. The van der Waals surface area contributed by atoms with Crippen LogP contribution in [0.5, 0.6) is 0 Å². The minimum absolute atomic E-state index is 0.323. The summed E-state index contributed by atoms with van der Waals surface area (Å²) in [5, 5.41) is 0. The Morgan fingerprint density at radius 2 is 1.59 bits per heavy atom. The van der Waals surface area contributed by atoms with Gasteiger partial charge in [-0.15, -0.1) is 0 Å². The van der Waals surface area contributed by atoms with Gasteiger partial charge in [-0.2, -0.15) is 0 Å². The molecule has 2 nitrogen and oxygen atoms in total. The van der Waals surface area contributed by atoms with Gasteiger partial charge in [-0.05, 0) is 13.3 Å². The maximum absolute atomic E-state index is 5.58. The number of ether oxygens (including phenoxy) is 1. The molecule has 1 unspecified atom stereocenters. The van der Waals surface area contributed by atoms with Crippen molar-refractivity contribution in [2.24, 2.45) is 4.99 Å². The normalized spacial score (nSPS) is 19.2. The Morgan fingerprint density at radius 3 is 2.12 bits per heavy atom. The predicted molar refractivity (Wildman–Crippen MR) is 74.7 cm³/mol. The third kappa shape index (κ3) is 7.40. The summed E-state index contributed by atoms with van der Waals surface area (Å²) in [5.41, 5.74) is 0. The molecule has 0 radical (unpaired) electrons. The number of unbranched alkanes of at least 4 members (excludes halogenated alkanes) is 8. The van der Waals surface area contributed by atoms with Crippen molar-refractivity contribution in [3.63, 3.8) is 0 Å². The van der Waals surface area contributed by atoms with Gasteiger partial charge in [0.25, 0.3) is 0 Å². The minimum Gasteiger partial charge on any atom is -0.476 e. The molecule has 0 spiro atoms. The van der Waals surface area contributed by atoms with Crippen LogP contribution >= 0.6 is 0 Å². The number of rotatable bonds is 10. The number of aliphatic imine (C=N–C) groups is 1. The average molecular weight is 239 g/mol. The fourth-order valence-corrected chi connectivity index (χ4v) is 2.26. The van der Waals surface area contributed by atoms with E-state index in [1.807, 2.05) is 0 Å². The Morgan fingerprint density at radius 1 is 1.00 bits per heavy atom. The fraction of sp³-hybridized carbons (Fsp3) is 0.933. The first kappa shape index (κ1) is 14.5. The van der Waals surface area contributed by atoms with Crippen molar-refractivity contribution in [3.05, 3.63) is 0 Å². The maximum atomic E-state index is 5.58. The van der Waals surface area contributed by atoms with Gasteiger partial charge in [0.15, 0.2) is 5.90 Å². The second kappa shape index (κ2) is 9.49. The van der Waals surface area contributed by atoms with E-state index in [0.717, 1.165) is 18.9 Å². The molecule has 1 aliphatic rings. The highest BCUT2D eigenvalue weighted by molar-refractivity contribution is 5.77. The first-order valence-electron chi connectivity index (χ1n) is 7.53. The smallest absolute Gasteiger partial charge is 0.183 e. The summed E-state index contributed by atoms with van der Waals surface area (Å²) in [6, 6.07) is 0. The van der Waals surface area contributed by atoms with Crippen molar-refractivity contribution in [3.8, 4) is 0 Å². The van der Waals surface area contributed by atoms with Crippen LogP contribution in [0.15, 0.2) is 4.99 Å². The standard InChI is InChI=1S/C15H29NO/c1-3-4-5-6-7-8-9-10-11-12-15-16-13-14(2)17-15/h14H,3-13H2,1-2H3. The highest BCUT2D eigenvalue weighted by Crippen LogP contribution is 2.13. The van der Waals surface area contributed by atoms with Crippen LogP contribution in [-0.4, -0.2) is 18.5 Å². The lowest BCUT2D eigenvalue weighted by molar-refractivity contribution is 0.238. The molecule has 0 bridgehead atoms. The Hall–Kier alpha value is -0.530. The summed E-state index contributed by atoms with van der Waals surface area (Å²) in [4.78, 5) is 4.38. The molecule has 0 aromatic heterocycles. The van der Waals surface area contributed by atoms with Gasteiger partial charge >= 0.3 is 0 Å². The van der Waals surface area contributed by atoms with Crippen LogP contribution in [-0.2, 0) is 4.74 Å². The van der Waals surface area contributed by atoms with Gasteiger partial charge in [-0.1, -0.05) is 58.3 Å². The zero-order valence-electron chi connectivity index (χ0n) is 11.7. The van der Waals surface area contributed by atoms with Crippen molar-refractivity contribution < 1.29 is 4.74 Å². The molecule has 1 heterocycles. The largest absolute Gasteiger partial charge is 0.476 e. The van der Waals surface area contributed by atoms with Crippen LogP contribution in [0.1, 0.15) is 78.1 Å². The second-order valence-electron chi connectivity index (χ2n) is 5.24. The summed E-state index contributed by atoms with van der Waals surface area (Å²) < 4.78 is 5.58. The van der Waals surface area contributed by atoms with Gasteiger partial charge in [-0.3, -0.25) is 4.99 Å². The highest BCUT2D eigenvalue weighted by atomic mass is 16.5. The number of hydrogen-bond acceptors (Lipinski definition) is 2.